The molecule has 0 spiro atoms. The zero-order valence-corrected chi connectivity index (χ0v) is 18.8. The van der Waals surface area contributed by atoms with Gasteiger partial charge in [-0.2, -0.15) is 0 Å². The average molecular weight is 412 g/mol. The minimum absolute atomic E-state index is 0.0800. The lowest BCUT2D eigenvalue weighted by atomic mass is 9.68. The molecule has 5 heteroatoms. The zero-order valence-electron chi connectivity index (χ0n) is 18.8. The molecule has 162 valence electrons. The first-order chi connectivity index (χ1) is 14.3. The number of allylic oxidation sites excluding steroid dienone is 3. The van der Waals surface area contributed by atoms with Crippen LogP contribution < -0.4 is 10.1 Å². The number of dihydropyridines is 1. The molecule has 1 unspecified atom stereocenters. The van der Waals surface area contributed by atoms with E-state index in [4.69, 9.17) is 9.47 Å². The minimum Gasteiger partial charge on any atom is -0.493 e. The molecule has 0 saturated carbocycles. The maximum atomic E-state index is 13.3. The van der Waals surface area contributed by atoms with E-state index in [-0.39, 0.29) is 23.8 Å². The smallest absolute Gasteiger partial charge is 0.336 e. The van der Waals surface area contributed by atoms with Crippen LogP contribution in [0.15, 0.2) is 46.8 Å². The van der Waals surface area contributed by atoms with Gasteiger partial charge in [0.1, 0.15) is 5.75 Å². The van der Waals surface area contributed by atoms with Crippen LogP contribution in [0.2, 0.25) is 0 Å². The fourth-order valence-electron chi connectivity index (χ4n) is 4.40. The van der Waals surface area contributed by atoms with Gasteiger partial charge < -0.3 is 14.8 Å². The Morgan fingerprint density at radius 1 is 1.20 bits per heavy atom. The van der Waals surface area contributed by atoms with Crippen molar-refractivity contribution < 1.29 is 19.1 Å². The summed E-state index contributed by atoms with van der Waals surface area (Å²) >= 11 is 0. The molecule has 1 aliphatic heterocycles. The third-order valence-electron chi connectivity index (χ3n) is 5.72. The van der Waals surface area contributed by atoms with Gasteiger partial charge in [-0.25, -0.2) is 4.79 Å². The van der Waals surface area contributed by atoms with Crippen LogP contribution in [0.5, 0.6) is 5.75 Å². The van der Waals surface area contributed by atoms with Crippen molar-refractivity contribution >= 4 is 11.8 Å². The summed E-state index contributed by atoms with van der Waals surface area (Å²) in [5.74, 6) is -0.0740. The van der Waals surface area contributed by atoms with Crippen LogP contribution in [0.1, 0.15) is 71.8 Å². The molecule has 3 rings (SSSR count). The second-order valence-corrected chi connectivity index (χ2v) is 8.89. The SMILES string of the molecule is CCCCOc1ccccc1C1C(C(=O)OCC)=C(C)NC2=C1C(=O)CC(C)(C)C2. The van der Waals surface area contributed by atoms with E-state index in [0.29, 0.717) is 24.2 Å². The Labute approximate surface area is 179 Å². The number of nitrogens with one attached hydrogen (secondary N) is 1. The largest absolute Gasteiger partial charge is 0.493 e. The minimum atomic E-state index is -0.485. The maximum absolute atomic E-state index is 13.3. The Morgan fingerprint density at radius 3 is 2.63 bits per heavy atom. The third kappa shape index (κ3) is 4.45. The van der Waals surface area contributed by atoms with Gasteiger partial charge >= 0.3 is 5.97 Å². The van der Waals surface area contributed by atoms with Gasteiger partial charge in [-0.05, 0) is 38.2 Å². The number of carbonyl (C=O) groups excluding carboxylic acids is 2. The molecule has 5 nitrogen and oxygen atoms in total. The van der Waals surface area contributed by atoms with Gasteiger partial charge in [0, 0.05) is 29.0 Å². The lowest BCUT2D eigenvalue weighted by Crippen LogP contribution is -2.38. The van der Waals surface area contributed by atoms with Crippen molar-refractivity contribution in [2.45, 2.75) is 66.2 Å². The summed E-state index contributed by atoms with van der Waals surface area (Å²) in [6.45, 7) is 10.9. The number of carbonyl (C=O) groups is 2. The fraction of sp³-hybridized carbons (Fsp3) is 0.520. The van der Waals surface area contributed by atoms with E-state index in [2.05, 4.69) is 26.1 Å². The quantitative estimate of drug-likeness (QED) is 0.503. The predicted molar refractivity (Wildman–Crippen MR) is 117 cm³/mol. The number of esters is 1. The Kier molecular flexibility index (Phi) is 6.69. The molecule has 0 aromatic heterocycles. The highest BCUT2D eigenvalue weighted by Crippen LogP contribution is 2.48. The molecule has 0 bridgehead atoms. The van der Waals surface area contributed by atoms with Crippen LogP contribution in [0.3, 0.4) is 0 Å². The molecule has 0 amide bonds. The highest BCUT2D eigenvalue weighted by atomic mass is 16.5. The molecule has 2 aliphatic rings. The van der Waals surface area contributed by atoms with Crippen LogP contribution in [-0.2, 0) is 14.3 Å². The fourth-order valence-corrected chi connectivity index (χ4v) is 4.40. The van der Waals surface area contributed by atoms with Crippen molar-refractivity contribution in [3.8, 4) is 5.75 Å². The summed E-state index contributed by atoms with van der Waals surface area (Å²) in [5, 5.41) is 3.36. The van der Waals surface area contributed by atoms with Gasteiger partial charge in [-0.3, -0.25) is 4.79 Å². The molecular weight excluding hydrogens is 378 g/mol. The van der Waals surface area contributed by atoms with E-state index in [1.54, 1.807) is 6.92 Å². The summed E-state index contributed by atoms with van der Waals surface area (Å²) in [6.07, 6.45) is 3.20. The van der Waals surface area contributed by atoms with Crippen molar-refractivity contribution in [1.29, 1.82) is 0 Å². The van der Waals surface area contributed by atoms with Gasteiger partial charge in [-0.1, -0.05) is 45.4 Å². The summed E-state index contributed by atoms with van der Waals surface area (Å²) in [6, 6.07) is 7.73. The zero-order chi connectivity index (χ0) is 21.9. The van der Waals surface area contributed by atoms with Gasteiger partial charge in [-0.15, -0.1) is 0 Å². The lowest BCUT2D eigenvalue weighted by Gasteiger charge is -2.39. The molecule has 30 heavy (non-hydrogen) atoms. The van der Waals surface area contributed by atoms with E-state index in [0.717, 1.165) is 42.0 Å². The summed E-state index contributed by atoms with van der Waals surface area (Å²) in [7, 11) is 0. The first kappa shape index (κ1) is 22.1. The second-order valence-electron chi connectivity index (χ2n) is 8.89. The molecule has 1 aromatic carbocycles. The Morgan fingerprint density at radius 2 is 1.93 bits per heavy atom. The number of unbranched alkanes of at least 4 members (excludes halogenated alkanes) is 1. The Hall–Kier alpha value is -2.56. The Balaban J connectivity index is 2.15. The molecule has 0 saturated heterocycles. The number of rotatable bonds is 7. The topological polar surface area (TPSA) is 64.6 Å². The first-order valence-electron chi connectivity index (χ1n) is 10.9. The van der Waals surface area contributed by atoms with Crippen LogP contribution in [0.4, 0.5) is 0 Å². The van der Waals surface area contributed by atoms with E-state index < -0.39 is 5.92 Å². The van der Waals surface area contributed by atoms with Crippen molar-refractivity contribution in [3.05, 3.63) is 52.4 Å². The standard InChI is InChI=1S/C25H33NO4/c1-6-8-13-30-20-12-10-9-11-17(20)22-21(24(28)29-7-2)16(3)26-18-14-25(4,5)15-19(27)23(18)22/h9-12,22,26H,6-8,13-15H2,1-5H3. The maximum Gasteiger partial charge on any atom is 0.336 e. The van der Waals surface area contributed by atoms with Gasteiger partial charge in [0.2, 0.25) is 0 Å². The van der Waals surface area contributed by atoms with Gasteiger partial charge in [0.15, 0.2) is 5.78 Å². The van der Waals surface area contributed by atoms with E-state index >= 15 is 0 Å². The van der Waals surface area contributed by atoms with Crippen LogP contribution in [-0.4, -0.2) is 25.0 Å². The summed E-state index contributed by atoms with van der Waals surface area (Å²) < 4.78 is 11.5. The van der Waals surface area contributed by atoms with Crippen LogP contribution in [0, 0.1) is 5.41 Å². The number of para-hydroxylation sites is 1. The van der Waals surface area contributed by atoms with E-state index in [9.17, 15) is 9.59 Å². The molecule has 0 radical (unpaired) electrons. The number of ketones is 1. The van der Waals surface area contributed by atoms with Crippen molar-refractivity contribution in [1.82, 2.24) is 5.32 Å². The number of benzene rings is 1. The lowest BCUT2D eigenvalue weighted by molar-refractivity contribution is -0.138. The number of Topliss-reactive ketones (excluding diaryl/α,β-unsaturated/α-hetero) is 1. The first-order valence-corrected chi connectivity index (χ1v) is 10.9. The van der Waals surface area contributed by atoms with Crippen molar-refractivity contribution in [3.63, 3.8) is 0 Å². The molecule has 1 N–H and O–H groups in total. The molecular formula is C25H33NO4. The van der Waals surface area contributed by atoms with E-state index in [1.807, 2.05) is 31.2 Å². The van der Waals surface area contributed by atoms with Crippen molar-refractivity contribution in [2.75, 3.05) is 13.2 Å². The average Bonchev–Trinajstić information content (AvgIpc) is 2.66. The normalized spacial score (nSPS) is 20.6. The monoisotopic (exact) mass is 411 g/mol. The molecule has 1 heterocycles. The highest BCUT2D eigenvalue weighted by Gasteiger charge is 2.43. The van der Waals surface area contributed by atoms with Crippen LogP contribution in [0.25, 0.3) is 0 Å². The summed E-state index contributed by atoms with van der Waals surface area (Å²) in [4.78, 5) is 26.3. The number of hydrogen-bond donors (Lipinski definition) is 1. The van der Waals surface area contributed by atoms with Crippen LogP contribution >= 0.6 is 0 Å². The predicted octanol–water partition coefficient (Wildman–Crippen LogP) is 5.03. The molecule has 1 aromatic rings. The van der Waals surface area contributed by atoms with E-state index in [1.165, 1.54) is 0 Å². The Bertz CT molecular complexity index is 894. The third-order valence-corrected chi connectivity index (χ3v) is 5.72. The number of ether oxygens (including phenoxy) is 2. The summed E-state index contributed by atoms with van der Waals surface area (Å²) in [5.41, 5.74) is 3.55. The molecule has 1 atom stereocenters. The van der Waals surface area contributed by atoms with Gasteiger partial charge in [0.05, 0.1) is 24.7 Å². The highest BCUT2D eigenvalue weighted by molar-refractivity contribution is 6.04. The van der Waals surface area contributed by atoms with Crippen molar-refractivity contribution in [2.24, 2.45) is 5.41 Å². The molecule has 1 aliphatic carbocycles. The van der Waals surface area contributed by atoms with Gasteiger partial charge in [0.25, 0.3) is 0 Å². The second kappa shape index (κ2) is 9.07. The molecule has 0 fully saturated rings. The number of hydrogen-bond acceptors (Lipinski definition) is 5.